The van der Waals surface area contributed by atoms with Crippen LogP contribution in [0.1, 0.15) is 2.85 Å². The van der Waals surface area contributed by atoms with Crippen molar-refractivity contribution in [2.24, 2.45) is 0 Å². The van der Waals surface area contributed by atoms with Crippen molar-refractivity contribution >= 4 is 18.5 Å². The van der Waals surface area contributed by atoms with E-state index in [0.717, 1.165) is 0 Å². The summed E-state index contributed by atoms with van der Waals surface area (Å²) in [6.45, 7) is 0. The topological polar surface area (TPSA) is 116 Å². The fourth-order valence-electron chi connectivity index (χ4n) is 0.157. The maximum Gasteiger partial charge on any atom is 1.00 e. The number of carboxylic acid groups (broad SMARTS) is 2. The molecule has 0 unspecified atom stereocenters. The van der Waals surface area contributed by atoms with Crippen LogP contribution in [0.15, 0.2) is 0 Å². The summed E-state index contributed by atoms with van der Waals surface area (Å²) in [6.07, 6.45) is -6.32. The molecule has 0 aliphatic heterocycles. The van der Waals surface area contributed by atoms with E-state index in [1.807, 2.05) is 0 Å². The summed E-state index contributed by atoms with van der Waals surface area (Å²) >= 11 is 0. The fourth-order valence-corrected chi connectivity index (χ4v) is 0.157. The Balaban J connectivity index is -0.0000000270. The molecule has 60 valence electrons. The Bertz CT molecular complexity index is 176. The van der Waals surface area contributed by atoms with E-state index < -0.39 is 18.5 Å². The van der Waals surface area contributed by atoms with Crippen LogP contribution in [0.3, 0.4) is 0 Å². The minimum atomic E-state index is -2.20. The van der Waals surface area contributed by atoms with Crippen LogP contribution in [0.4, 0.5) is 14.4 Å². The van der Waals surface area contributed by atoms with Gasteiger partial charge in [-0.25, -0.2) is 4.79 Å². The number of hydrogen-bond donors (Lipinski definition) is 0. The van der Waals surface area contributed by atoms with Crippen LogP contribution in [0.25, 0.3) is 0 Å². The zero-order valence-electron chi connectivity index (χ0n) is 10.4. The number of carbonyl (C=O) groups is 3. The van der Waals surface area contributed by atoms with E-state index >= 15 is 0 Å². The predicted octanol–water partition coefficient (Wildman–Crippen LogP) is -13.9. The van der Waals surface area contributed by atoms with Gasteiger partial charge in [-0.05, 0) is 0 Å². The molecule has 0 atom stereocenters. The first-order valence-corrected chi connectivity index (χ1v) is 1.84. The molecule has 0 aliphatic carbocycles. The third kappa shape index (κ3) is 23.3. The van der Waals surface area contributed by atoms with Crippen molar-refractivity contribution in [2.75, 3.05) is 0 Å². The van der Waals surface area contributed by atoms with E-state index in [0.29, 0.717) is 0 Å². The van der Waals surface area contributed by atoms with Gasteiger partial charge < -0.3 is 32.1 Å². The maximum absolute atomic E-state index is 9.78. The Labute approximate surface area is 150 Å². The van der Waals surface area contributed by atoms with Crippen LogP contribution in [-0.2, 0) is 9.47 Å². The van der Waals surface area contributed by atoms with Crippen LogP contribution < -0.4 is 107 Å². The Morgan fingerprint density at radius 3 is 1.21 bits per heavy atom. The van der Waals surface area contributed by atoms with Crippen molar-refractivity contribution in [3.8, 4) is 0 Å². The predicted molar refractivity (Wildman–Crippen MR) is 20.6 cm³/mol. The van der Waals surface area contributed by atoms with E-state index in [9.17, 15) is 24.6 Å². The second-order valence-corrected chi connectivity index (χ2v) is 0.954. The van der Waals surface area contributed by atoms with E-state index in [-0.39, 0.29) is 99.7 Å². The van der Waals surface area contributed by atoms with Gasteiger partial charge in [0.15, 0.2) is 0 Å². The molecular weight excluding hydrogens is 208 g/mol. The number of hydrogen-bond acceptors (Lipinski definition) is 7. The molecule has 14 heavy (non-hydrogen) atoms. The first-order chi connectivity index (χ1) is 4.52. The molecule has 0 saturated carbocycles. The summed E-state index contributed by atoms with van der Waals surface area (Å²) in [5, 5.41) is 18.7. The maximum atomic E-state index is 9.78. The Morgan fingerprint density at radius 2 is 1.07 bits per heavy atom. The molecule has 0 N–H and O–H groups in total. The third-order valence-electron chi connectivity index (χ3n) is 0.333. The molecule has 0 heterocycles. The first-order valence-electron chi connectivity index (χ1n) is 1.84. The van der Waals surface area contributed by atoms with Gasteiger partial charge in [-0.15, -0.1) is 0 Å². The monoisotopic (exact) mass is 210 g/mol. The van der Waals surface area contributed by atoms with E-state index in [4.69, 9.17) is 0 Å². The van der Waals surface area contributed by atoms with Crippen LogP contribution in [0.5, 0.6) is 0 Å². The minimum Gasteiger partial charge on any atom is -1.00 e. The van der Waals surface area contributed by atoms with Crippen LogP contribution in [0.2, 0.25) is 0 Å². The van der Waals surface area contributed by atoms with Crippen molar-refractivity contribution in [3.63, 3.8) is 0 Å². The molecule has 7 nitrogen and oxygen atoms in total. The fraction of sp³-hybridized carbons (Fsp3) is 0. The van der Waals surface area contributed by atoms with Crippen molar-refractivity contribution in [1.82, 2.24) is 0 Å². The average Bonchev–Trinajstić information content (AvgIpc) is 1.58. The Morgan fingerprint density at radius 1 is 0.857 bits per heavy atom. The molecule has 0 amide bonds. The normalized spacial score (nSPS) is 5.71. The summed E-state index contributed by atoms with van der Waals surface area (Å²) in [5.41, 5.74) is 0. The van der Waals surface area contributed by atoms with E-state index in [1.165, 1.54) is 0 Å². The second kappa shape index (κ2) is 16.8. The quantitative estimate of drug-likeness (QED) is 0.221. The zero-order chi connectivity index (χ0) is 8.15. The molecule has 11 heteroatoms. The summed E-state index contributed by atoms with van der Waals surface area (Å²) in [6, 6.07) is 0. The number of rotatable bonds is 0. The number of ether oxygens (including phenoxy) is 2. The molecule has 0 aromatic rings. The average molecular weight is 210 g/mol. The summed E-state index contributed by atoms with van der Waals surface area (Å²) in [4.78, 5) is 28.5. The second-order valence-electron chi connectivity index (χ2n) is 0.954. The molecule has 0 aromatic heterocycles. The summed E-state index contributed by atoms with van der Waals surface area (Å²) in [7, 11) is 0. The van der Waals surface area contributed by atoms with Gasteiger partial charge in [-0.1, -0.05) is 0 Å². The van der Waals surface area contributed by atoms with Gasteiger partial charge in [0, 0.05) is 0 Å². The van der Waals surface area contributed by atoms with Crippen LogP contribution in [0, 0.1) is 0 Å². The smallest absolute Gasteiger partial charge is 1.00 e. The summed E-state index contributed by atoms with van der Waals surface area (Å²) in [5.74, 6) is 0. The molecule has 0 aromatic carbocycles. The molecule has 0 aliphatic rings. The molecule has 0 fully saturated rings. The standard InChI is InChI=1S/C3H2O7.2Li.2Na.2H/c4-1(5)9-3(8)10-2(6)7;;;;;;/h(H,4,5)(H,6,7);;;;;;/q;4*+1;2*-1/p-2. The third-order valence-corrected chi connectivity index (χ3v) is 0.333. The van der Waals surface area contributed by atoms with Gasteiger partial charge in [-0.3, -0.25) is 0 Å². The molecular formula is C3H2Li2Na2O7. The minimum absolute atomic E-state index is 0. The van der Waals surface area contributed by atoms with Gasteiger partial charge in [-0.2, -0.15) is 0 Å². The molecule has 0 saturated heterocycles. The first kappa shape index (κ1) is 29.5. The van der Waals surface area contributed by atoms with Gasteiger partial charge >= 0.3 is 103 Å². The van der Waals surface area contributed by atoms with Gasteiger partial charge in [0.25, 0.3) is 12.3 Å². The Kier molecular flexibility index (Phi) is 35.5. The largest absolute Gasteiger partial charge is 1.00 e. The Hall–Kier alpha value is 1.40. The summed E-state index contributed by atoms with van der Waals surface area (Å²) < 4.78 is 6.17. The molecule has 0 bridgehead atoms. The zero-order valence-corrected chi connectivity index (χ0v) is 12.4. The van der Waals surface area contributed by atoms with Crippen molar-refractivity contribution in [1.29, 1.82) is 0 Å². The van der Waals surface area contributed by atoms with Gasteiger partial charge in [0.2, 0.25) is 0 Å². The van der Waals surface area contributed by atoms with E-state index in [1.54, 1.807) is 0 Å². The molecule has 0 radical (unpaired) electrons. The van der Waals surface area contributed by atoms with Gasteiger partial charge in [0.05, 0.1) is 0 Å². The number of carbonyl (C=O) groups excluding carboxylic acids is 3. The van der Waals surface area contributed by atoms with Gasteiger partial charge in [0.1, 0.15) is 0 Å². The molecule has 0 spiro atoms. The van der Waals surface area contributed by atoms with Crippen molar-refractivity contribution in [3.05, 3.63) is 0 Å². The molecule has 0 rings (SSSR count). The SMILES string of the molecule is O=C([O-])OC(=O)OC(=O)[O-].[H-].[H-].[Li+].[Li+].[Na+].[Na+]. The van der Waals surface area contributed by atoms with Crippen LogP contribution >= 0.6 is 0 Å². The van der Waals surface area contributed by atoms with E-state index in [2.05, 4.69) is 9.47 Å². The van der Waals surface area contributed by atoms with Crippen molar-refractivity contribution in [2.45, 2.75) is 0 Å². The van der Waals surface area contributed by atoms with Crippen LogP contribution in [-0.4, -0.2) is 18.5 Å². The van der Waals surface area contributed by atoms with Crippen molar-refractivity contribution < 1.29 is 134 Å².